The van der Waals surface area contributed by atoms with E-state index in [1.54, 1.807) is 14.2 Å². The molecular formula is C17H21NO2. The maximum atomic E-state index is 5.96. The van der Waals surface area contributed by atoms with Crippen LogP contribution >= 0.6 is 0 Å². The zero-order valence-corrected chi connectivity index (χ0v) is 12.0. The normalized spacial score (nSPS) is 11.9. The number of para-hydroxylation sites is 1. The first-order valence-corrected chi connectivity index (χ1v) is 6.74. The van der Waals surface area contributed by atoms with Crippen LogP contribution < -0.4 is 15.2 Å². The Morgan fingerprint density at radius 2 is 1.80 bits per heavy atom. The maximum Gasteiger partial charge on any atom is 0.122 e. The van der Waals surface area contributed by atoms with Crippen LogP contribution in [0.25, 0.3) is 0 Å². The van der Waals surface area contributed by atoms with Crippen LogP contribution in [-0.4, -0.2) is 20.8 Å². The van der Waals surface area contributed by atoms with E-state index in [4.69, 9.17) is 15.2 Å². The third-order valence-electron chi connectivity index (χ3n) is 3.48. The zero-order valence-electron chi connectivity index (χ0n) is 12.0. The Morgan fingerprint density at radius 3 is 2.50 bits per heavy atom. The molecule has 0 aliphatic rings. The van der Waals surface area contributed by atoms with E-state index >= 15 is 0 Å². The number of methoxy groups -OCH3 is 2. The lowest BCUT2D eigenvalue weighted by Gasteiger charge is -2.18. The quantitative estimate of drug-likeness (QED) is 0.878. The van der Waals surface area contributed by atoms with Crippen LogP contribution in [0, 0.1) is 0 Å². The van der Waals surface area contributed by atoms with Crippen molar-refractivity contribution >= 4 is 0 Å². The number of benzene rings is 2. The number of rotatable bonds is 6. The molecule has 0 saturated carbocycles. The van der Waals surface area contributed by atoms with Gasteiger partial charge in [-0.1, -0.05) is 30.3 Å². The van der Waals surface area contributed by atoms with E-state index in [-0.39, 0.29) is 5.92 Å². The Labute approximate surface area is 120 Å². The smallest absolute Gasteiger partial charge is 0.122 e. The van der Waals surface area contributed by atoms with Gasteiger partial charge in [-0.3, -0.25) is 0 Å². The van der Waals surface area contributed by atoms with Gasteiger partial charge in [-0.2, -0.15) is 0 Å². The van der Waals surface area contributed by atoms with Crippen LogP contribution in [0.15, 0.2) is 48.5 Å². The van der Waals surface area contributed by atoms with Crippen molar-refractivity contribution in [1.82, 2.24) is 0 Å². The molecule has 0 spiro atoms. The van der Waals surface area contributed by atoms with Gasteiger partial charge in [0.2, 0.25) is 0 Å². The average molecular weight is 271 g/mol. The zero-order chi connectivity index (χ0) is 14.4. The van der Waals surface area contributed by atoms with Crippen molar-refractivity contribution in [3.05, 3.63) is 59.7 Å². The van der Waals surface area contributed by atoms with Crippen molar-refractivity contribution in [2.24, 2.45) is 5.73 Å². The van der Waals surface area contributed by atoms with Crippen molar-refractivity contribution in [3.8, 4) is 11.5 Å². The molecule has 0 heterocycles. The van der Waals surface area contributed by atoms with E-state index < -0.39 is 0 Å². The lowest BCUT2D eigenvalue weighted by molar-refractivity contribution is 0.405. The Bertz CT molecular complexity index is 554. The van der Waals surface area contributed by atoms with E-state index in [0.717, 1.165) is 23.5 Å². The fourth-order valence-corrected chi connectivity index (χ4v) is 2.41. The van der Waals surface area contributed by atoms with Gasteiger partial charge in [0.1, 0.15) is 11.5 Å². The topological polar surface area (TPSA) is 44.5 Å². The minimum Gasteiger partial charge on any atom is -0.497 e. The summed E-state index contributed by atoms with van der Waals surface area (Å²) in [6, 6.07) is 16.2. The Kier molecular flexibility index (Phi) is 5.02. The molecule has 0 bridgehead atoms. The molecule has 2 N–H and O–H groups in total. The SMILES string of the molecule is COc1cccc(CC(CN)c2ccccc2OC)c1. The van der Waals surface area contributed by atoms with Gasteiger partial charge >= 0.3 is 0 Å². The van der Waals surface area contributed by atoms with E-state index in [1.165, 1.54) is 5.56 Å². The first-order chi connectivity index (χ1) is 9.78. The Hall–Kier alpha value is -2.00. The van der Waals surface area contributed by atoms with Gasteiger partial charge in [0.25, 0.3) is 0 Å². The van der Waals surface area contributed by atoms with Gasteiger partial charge in [-0.25, -0.2) is 0 Å². The number of hydrogen-bond donors (Lipinski definition) is 1. The lowest BCUT2D eigenvalue weighted by atomic mass is 9.91. The molecule has 0 saturated heterocycles. The van der Waals surface area contributed by atoms with Gasteiger partial charge in [-0.15, -0.1) is 0 Å². The minimum absolute atomic E-state index is 0.234. The molecule has 3 nitrogen and oxygen atoms in total. The van der Waals surface area contributed by atoms with Crippen LogP contribution in [0.2, 0.25) is 0 Å². The average Bonchev–Trinajstić information content (AvgIpc) is 2.52. The Balaban J connectivity index is 2.24. The summed E-state index contributed by atoms with van der Waals surface area (Å²) in [5, 5.41) is 0. The highest BCUT2D eigenvalue weighted by atomic mass is 16.5. The molecule has 0 aromatic heterocycles. The molecule has 0 amide bonds. The molecular weight excluding hydrogens is 250 g/mol. The molecule has 1 atom stereocenters. The molecule has 0 aliphatic carbocycles. The second kappa shape index (κ2) is 6.96. The van der Waals surface area contributed by atoms with E-state index in [2.05, 4.69) is 18.2 Å². The second-order valence-corrected chi connectivity index (χ2v) is 4.73. The molecule has 20 heavy (non-hydrogen) atoms. The van der Waals surface area contributed by atoms with E-state index in [0.29, 0.717) is 6.54 Å². The summed E-state index contributed by atoms with van der Waals surface area (Å²) in [5.41, 5.74) is 8.33. The highest BCUT2D eigenvalue weighted by Gasteiger charge is 2.15. The summed E-state index contributed by atoms with van der Waals surface area (Å²) >= 11 is 0. The van der Waals surface area contributed by atoms with Crippen LogP contribution in [0.5, 0.6) is 11.5 Å². The number of hydrogen-bond acceptors (Lipinski definition) is 3. The molecule has 0 aliphatic heterocycles. The third kappa shape index (κ3) is 3.31. The molecule has 2 aromatic rings. The number of nitrogens with two attached hydrogens (primary N) is 1. The van der Waals surface area contributed by atoms with E-state index in [9.17, 15) is 0 Å². The van der Waals surface area contributed by atoms with Gasteiger partial charge in [-0.05, 0) is 42.3 Å². The molecule has 2 aromatic carbocycles. The van der Waals surface area contributed by atoms with E-state index in [1.807, 2.05) is 30.3 Å². The van der Waals surface area contributed by atoms with Crippen LogP contribution in [-0.2, 0) is 6.42 Å². The maximum absolute atomic E-state index is 5.96. The highest BCUT2D eigenvalue weighted by molar-refractivity contribution is 5.38. The summed E-state index contributed by atoms with van der Waals surface area (Å²) < 4.78 is 10.7. The molecule has 106 valence electrons. The predicted octanol–water partition coefficient (Wildman–Crippen LogP) is 2.99. The van der Waals surface area contributed by atoms with Crippen molar-refractivity contribution in [1.29, 1.82) is 0 Å². The predicted molar refractivity (Wildman–Crippen MR) is 81.5 cm³/mol. The molecule has 1 unspecified atom stereocenters. The van der Waals surface area contributed by atoms with Crippen LogP contribution in [0.3, 0.4) is 0 Å². The lowest BCUT2D eigenvalue weighted by Crippen LogP contribution is -2.16. The summed E-state index contributed by atoms with van der Waals surface area (Å²) in [7, 11) is 3.37. The van der Waals surface area contributed by atoms with Crippen molar-refractivity contribution in [2.75, 3.05) is 20.8 Å². The fraction of sp³-hybridized carbons (Fsp3) is 0.294. The fourth-order valence-electron chi connectivity index (χ4n) is 2.41. The van der Waals surface area contributed by atoms with Gasteiger partial charge < -0.3 is 15.2 Å². The molecule has 0 radical (unpaired) electrons. The van der Waals surface area contributed by atoms with Crippen LogP contribution in [0.1, 0.15) is 17.0 Å². The van der Waals surface area contributed by atoms with Gasteiger partial charge in [0.05, 0.1) is 14.2 Å². The van der Waals surface area contributed by atoms with Crippen molar-refractivity contribution in [2.45, 2.75) is 12.3 Å². The number of ether oxygens (including phenoxy) is 2. The highest BCUT2D eigenvalue weighted by Crippen LogP contribution is 2.29. The summed E-state index contributed by atoms with van der Waals surface area (Å²) in [6.45, 7) is 0.581. The second-order valence-electron chi connectivity index (χ2n) is 4.73. The molecule has 2 rings (SSSR count). The largest absolute Gasteiger partial charge is 0.497 e. The Morgan fingerprint density at radius 1 is 1.00 bits per heavy atom. The molecule has 3 heteroatoms. The first-order valence-electron chi connectivity index (χ1n) is 6.74. The standard InChI is InChI=1S/C17H21NO2/c1-19-15-7-5-6-13(11-15)10-14(12-18)16-8-3-4-9-17(16)20-2/h3-9,11,14H,10,12,18H2,1-2H3. The summed E-state index contributed by atoms with van der Waals surface area (Å²) in [6.07, 6.45) is 0.869. The van der Waals surface area contributed by atoms with Crippen molar-refractivity contribution < 1.29 is 9.47 Å². The van der Waals surface area contributed by atoms with Crippen molar-refractivity contribution in [3.63, 3.8) is 0 Å². The summed E-state index contributed by atoms with van der Waals surface area (Å²) in [5.74, 6) is 2.00. The minimum atomic E-state index is 0.234. The third-order valence-corrected chi connectivity index (χ3v) is 3.48. The summed E-state index contributed by atoms with van der Waals surface area (Å²) in [4.78, 5) is 0. The van der Waals surface area contributed by atoms with Gasteiger partial charge in [0.15, 0.2) is 0 Å². The first kappa shape index (κ1) is 14.4. The monoisotopic (exact) mass is 271 g/mol. The van der Waals surface area contributed by atoms with Gasteiger partial charge in [0, 0.05) is 5.92 Å². The molecule has 0 fully saturated rings. The van der Waals surface area contributed by atoms with Crippen LogP contribution in [0.4, 0.5) is 0 Å².